The highest BCUT2D eigenvalue weighted by molar-refractivity contribution is 9.10. The predicted octanol–water partition coefficient (Wildman–Crippen LogP) is 3.06. The van der Waals surface area contributed by atoms with Crippen LogP contribution in [0.2, 0.25) is 5.02 Å². The largest absolute Gasteiger partial charge is 0.392 e. The molecule has 2 rings (SSSR count). The minimum absolute atomic E-state index is 0.178. The van der Waals surface area contributed by atoms with E-state index in [1.54, 1.807) is 0 Å². The van der Waals surface area contributed by atoms with Gasteiger partial charge in [-0.1, -0.05) is 33.6 Å². The SMILES string of the molecule is OC1CCCN(Cc2ccc(Br)cc2Cl)C1. The van der Waals surface area contributed by atoms with Gasteiger partial charge in [0.05, 0.1) is 6.10 Å². The third kappa shape index (κ3) is 3.20. The lowest BCUT2D eigenvalue weighted by Crippen LogP contribution is -2.37. The highest BCUT2D eigenvalue weighted by Gasteiger charge is 2.18. The van der Waals surface area contributed by atoms with Crippen LogP contribution in [0.15, 0.2) is 22.7 Å². The minimum atomic E-state index is -0.178. The van der Waals surface area contributed by atoms with Crippen LogP contribution in [0.5, 0.6) is 0 Å². The Labute approximate surface area is 109 Å². The number of likely N-dealkylation sites (tertiary alicyclic amines) is 1. The van der Waals surface area contributed by atoms with Gasteiger partial charge in [0.25, 0.3) is 0 Å². The topological polar surface area (TPSA) is 23.5 Å². The summed E-state index contributed by atoms with van der Waals surface area (Å²) in [7, 11) is 0. The van der Waals surface area contributed by atoms with Gasteiger partial charge >= 0.3 is 0 Å². The van der Waals surface area contributed by atoms with E-state index >= 15 is 0 Å². The smallest absolute Gasteiger partial charge is 0.0667 e. The predicted molar refractivity (Wildman–Crippen MR) is 69.7 cm³/mol. The molecule has 0 aromatic heterocycles. The van der Waals surface area contributed by atoms with Gasteiger partial charge < -0.3 is 5.11 Å². The van der Waals surface area contributed by atoms with Gasteiger partial charge in [-0.3, -0.25) is 4.90 Å². The maximum absolute atomic E-state index is 9.59. The van der Waals surface area contributed by atoms with Crippen molar-refractivity contribution >= 4 is 27.5 Å². The third-order valence-electron chi connectivity index (χ3n) is 2.89. The highest BCUT2D eigenvalue weighted by atomic mass is 79.9. The van der Waals surface area contributed by atoms with E-state index in [0.717, 1.165) is 47.5 Å². The van der Waals surface area contributed by atoms with Crippen molar-refractivity contribution in [2.75, 3.05) is 13.1 Å². The van der Waals surface area contributed by atoms with Crippen LogP contribution in [-0.2, 0) is 6.54 Å². The van der Waals surface area contributed by atoms with Crippen LogP contribution >= 0.6 is 27.5 Å². The second-order valence-electron chi connectivity index (χ2n) is 4.27. The van der Waals surface area contributed by atoms with Gasteiger partial charge in [-0.15, -0.1) is 0 Å². The lowest BCUT2D eigenvalue weighted by atomic mass is 10.1. The molecule has 4 heteroatoms. The minimum Gasteiger partial charge on any atom is -0.392 e. The summed E-state index contributed by atoms with van der Waals surface area (Å²) >= 11 is 9.56. The van der Waals surface area contributed by atoms with Crippen molar-refractivity contribution < 1.29 is 5.11 Å². The van der Waals surface area contributed by atoms with E-state index < -0.39 is 0 Å². The van der Waals surface area contributed by atoms with Crippen molar-refractivity contribution in [3.8, 4) is 0 Å². The molecule has 0 bridgehead atoms. The molecule has 0 spiro atoms. The molecule has 88 valence electrons. The molecule has 1 aliphatic rings. The van der Waals surface area contributed by atoms with Gasteiger partial charge in [0.15, 0.2) is 0 Å². The van der Waals surface area contributed by atoms with E-state index in [9.17, 15) is 5.11 Å². The first-order valence-electron chi connectivity index (χ1n) is 5.49. The zero-order chi connectivity index (χ0) is 11.5. The van der Waals surface area contributed by atoms with Crippen LogP contribution in [0, 0.1) is 0 Å². The summed E-state index contributed by atoms with van der Waals surface area (Å²) in [5, 5.41) is 10.4. The normalized spacial score (nSPS) is 22.3. The summed E-state index contributed by atoms with van der Waals surface area (Å²) in [6.07, 6.45) is 1.81. The zero-order valence-electron chi connectivity index (χ0n) is 9.00. The Balaban J connectivity index is 2.02. The van der Waals surface area contributed by atoms with Gasteiger partial charge in [-0.25, -0.2) is 0 Å². The monoisotopic (exact) mass is 303 g/mol. The summed E-state index contributed by atoms with van der Waals surface area (Å²) < 4.78 is 1.000. The average molecular weight is 305 g/mol. The van der Waals surface area contributed by atoms with Gasteiger partial charge in [-0.05, 0) is 37.1 Å². The number of aliphatic hydroxyl groups excluding tert-OH is 1. The first kappa shape index (κ1) is 12.4. The van der Waals surface area contributed by atoms with Crippen LogP contribution in [0.3, 0.4) is 0 Å². The van der Waals surface area contributed by atoms with Crippen LogP contribution in [0.25, 0.3) is 0 Å². The molecule has 0 amide bonds. The second kappa shape index (κ2) is 5.50. The van der Waals surface area contributed by atoms with E-state index in [4.69, 9.17) is 11.6 Å². The van der Waals surface area contributed by atoms with Crippen molar-refractivity contribution in [1.82, 2.24) is 4.90 Å². The Hall–Kier alpha value is -0.0900. The molecule has 2 nitrogen and oxygen atoms in total. The zero-order valence-corrected chi connectivity index (χ0v) is 11.3. The number of nitrogens with zero attached hydrogens (tertiary/aromatic N) is 1. The Morgan fingerprint density at radius 1 is 1.50 bits per heavy atom. The fourth-order valence-electron chi connectivity index (χ4n) is 2.07. The molecular weight excluding hydrogens is 289 g/mol. The molecule has 0 radical (unpaired) electrons. The maximum atomic E-state index is 9.59. The molecule has 1 N–H and O–H groups in total. The number of piperidine rings is 1. The number of halogens is 2. The van der Waals surface area contributed by atoms with Crippen molar-refractivity contribution in [2.24, 2.45) is 0 Å². The Kier molecular flexibility index (Phi) is 4.25. The summed E-state index contributed by atoms with van der Waals surface area (Å²) in [4.78, 5) is 2.25. The standard InChI is InChI=1S/C12H15BrClNO/c13-10-4-3-9(12(14)6-10)7-15-5-1-2-11(16)8-15/h3-4,6,11,16H,1-2,5,7-8H2. The van der Waals surface area contributed by atoms with Crippen LogP contribution in [0.4, 0.5) is 0 Å². The molecule has 1 saturated heterocycles. The van der Waals surface area contributed by atoms with Crippen molar-refractivity contribution in [1.29, 1.82) is 0 Å². The molecule has 0 aliphatic carbocycles. The third-order valence-corrected chi connectivity index (χ3v) is 3.73. The number of benzene rings is 1. The molecule has 1 atom stereocenters. The number of β-amino-alcohol motifs (C(OH)–C–C–N with tert-alkyl or cyclic N) is 1. The highest BCUT2D eigenvalue weighted by Crippen LogP contribution is 2.23. The Bertz CT molecular complexity index is 372. The second-order valence-corrected chi connectivity index (χ2v) is 5.59. The van der Waals surface area contributed by atoms with Gasteiger partial charge in [-0.2, -0.15) is 0 Å². The van der Waals surface area contributed by atoms with E-state index in [1.807, 2.05) is 18.2 Å². The molecule has 1 aromatic rings. The van der Waals surface area contributed by atoms with E-state index in [-0.39, 0.29) is 6.10 Å². The fourth-order valence-corrected chi connectivity index (χ4v) is 2.80. The molecule has 1 aromatic carbocycles. The van der Waals surface area contributed by atoms with Crippen LogP contribution < -0.4 is 0 Å². The molecule has 1 unspecified atom stereocenters. The van der Waals surface area contributed by atoms with Gasteiger partial charge in [0, 0.05) is 22.6 Å². The van der Waals surface area contributed by atoms with E-state index in [2.05, 4.69) is 20.8 Å². The molecule has 16 heavy (non-hydrogen) atoms. The van der Waals surface area contributed by atoms with Crippen LogP contribution in [-0.4, -0.2) is 29.2 Å². The number of rotatable bonds is 2. The Morgan fingerprint density at radius 2 is 2.31 bits per heavy atom. The summed E-state index contributed by atoms with van der Waals surface area (Å²) in [6.45, 7) is 2.62. The maximum Gasteiger partial charge on any atom is 0.0667 e. The van der Waals surface area contributed by atoms with Gasteiger partial charge in [0.1, 0.15) is 0 Å². The summed E-state index contributed by atoms with van der Waals surface area (Å²) in [5.74, 6) is 0. The van der Waals surface area contributed by atoms with E-state index in [0.29, 0.717) is 0 Å². The lowest BCUT2D eigenvalue weighted by Gasteiger charge is -2.30. The number of aliphatic hydroxyl groups is 1. The molecule has 1 heterocycles. The lowest BCUT2D eigenvalue weighted by molar-refractivity contribution is 0.0668. The fraction of sp³-hybridized carbons (Fsp3) is 0.500. The van der Waals surface area contributed by atoms with Crippen LogP contribution in [0.1, 0.15) is 18.4 Å². The Morgan fingerprint density at radius 3 is 3.00 bits per heavy atom. The van der Waals surface area contributed by atoms with Crippen molar-refractivity contribution in [3.05, 3.63) is 33.3 Å². The first-order chi connectivity index (χ1) is 7.65. The van der Waals surface area contributed by atoms with Crippen molar-refractivity contribution in [2.45, 2.75) is 25.5 Å². The summed E-state index contributed by atoms with van der Waals surface area (Å²) in [6, 6.07) is 5.95. The molecule has 0 saturated carbocycles. The molecule has 1 fully saturated rings. The number of hydrogen-bond acceptors (Lipinski definition) is 2. The molecule has 1 aliphatic heterocycles. The molecular formula is C12H15BrClNO. The number of hydrogen-bond donors (Lipinski definition) is 1. The van der Waals surface area contributed by atoms with Gasteiger partial charge in [0.2, 0.25) is 0 Å². The quantitative estimate of drug-likeness (QED) is 0.908. The summed E-state index contributed by atoms with van der Waals surface area (Å²) in [5.41, 5.74) is 1.12. The van der Waals surface area contributed by atoms with E-state index in [1.165, 1.54) is 0 Å². The average Bonchev–Trinajstić information content (AvgIpc) is 2.22. The van der Waals surface area contributed by atoms with Crippen molar-refractivity contribution in [3.63, 3.8) is 0 Å². The first-order valence-corrected chi connectivity index (χ1v) is 6.66.